The molecule has 1 saturated heterocycles. The van der Waals surface area contributed by atoms with Crippen molar-refractivity contribution in [1.82, 2.24) is 25.1 Å². The molecule has 0 aromatic carbocycles. The summed E-state index contributed by atoms with van der Waals surface area (Å²) >= 11 is 0. The maximum absolute atomic E-state index is 5.55. The second-order valence-electron chi connectivity index (χ2n) is 5.77. The molecule has 1 unspecified atom stereocenters. The monoisotopic (exact) mass is 326 g/mol. The fraction of sp³-hybridized carbons (Fsp3) is 0.438. The van der Waals surface area contributed by atoms with Crippen molar-refractivity contribution in [3.05, 3.63) is 35.9 Å². The van der Waals surface area contributed by atoms with E-state index < -0.39 is 0 Å². The van der Waals surface area contributed by atoms with Gasteiger partial charge in [-0.05, 0) is 31.9 Å². The lowest BCUT2D eigenvalue weighted by Crippen LogP contribution is -2.09. The normalized spacial score (nSPS) is 17.5. The van der Waals surface area contributed by atoms with E-state index in [1.807, 2.05) is 19.1 Å². The SMILES string of the molecule is Cc1ccc2ncnc(NCCc3noc(C4CCCO4)n3)c2n1. The Kier molecular flexibility index (Phi) is 4.04. The maximum atomic E-state index is 5.55. The van der Waals surface area contributed by atoms with Crippen molar-refractivity contribution >= 4 is 16.9 Å². The molecule has 1 fully saturated rings. The Morgan fingerprint density at radius 3 is 3.08 bits per heavy atom. The number of aryl methyl sites for hydroxylation is 1. The molecule has 24 heavy (non-hydrogen) atoms. The summed E-state index contributed by atoms with van der Waals surface area (Å²) in [6.45, 7) is 3.34. The lowest BCUT2D eigenvalue weighted by Gasteiger charge is -2.06. The summed E-state index contributed by atoms with van der Waals surface area (Å²) in [5, 5.41) is 7.29. The zero-order chi connectivity index (χ0) is 16.4. The van der Waals surface area contributed by atoms with Crippen LogP contribution in [0.15, 0.2) is 23.0 Å². The molecule has 0 aliphatic carbocycles. The number of hydrogen-bond donors (Lipinski definition) is 1. The topological polar surface area (TPSA) is 98.9 Å². The molecule has 4 rings (SSSR count). The van der Waals surface area contributed by atoms with Gasteiger partial charge in [0.2, 0.25) is 0 Å². The van der Waals surface area contributed by atoms with Crippen molar-refractivity contribution in [3.8, 4) is 0 Å². The molecule has 0 amide bonds. The number of anilines is 1. The third-order valence-electron chi connectivity index (χ3n) is 3.95. The molecule has 124 valence electrons. The average Bonchev–Trinajstić information content (AvgIpc) is 3.26. The highest BCUT2D eigenvalue weighted by molar-refractivity contribution is 5.84. The van der Waals surface area contributed by atoms with Crippen molar-refractivity contribution in [2.45, 2.75) is 32.3 Å². The standard InChI is InChI=1S/C16H18N6O2/c1-10-4-5-11-14(20-10)15(19-9-18-11)17-7-6-13-21-16(24-22-13)12-3-2-8-23-12/h4-5,9,12H,2-3,6-8H2,1H3,(H,17,18,19). The number of pyridine rings is 1. The first kappa shape index (κ1) is 14.9. The Morgan fingerprint density at radius 2 is 2.21 bits per heavy atom. The molecular formula is C16H18N6O2. The molecule has 1 aliphatic rings. The van der Waals surface area contributed by atoms with E-state index in [0.717, 1.165) is 36.2 Å². The summed E-state index contributed by atoms with van der Waals surface area (Å²) in [6, 6.07) is 3.88. The number of hydrogen-bond acceptors (Lipinski definition) is 8. The first-order valence-electron chi connectivity index (χ1n) is 8.06. The third kappa shape index (κ3) is 3.05. The van der Waals surface area contributed by atoms with Crippen LogP contribution in [-0.4, -0.2) is 38.2 Å². The molecule has 8 heteroatoms. The summed E-state index contributed by atoms with van der Waals surface area (Å²) in [6.07, 6.45) is 4.10. The van der Waals surface area contributed by atoms with Crippen molar-refractivity contribution in [3.63, 3.8) is 0 Å². The molecule has 4 heterocycles. The number of aromatic nitrogens is 5. The molecule has 0 saturated carbocycles. The van der Waals surface area contributed by atoms with Crippen LogP contribution in [0.3, 0.4) is 0 Å². The smallest absolute Gasteiger partial charge is 0.255 e. The van der Waals surface area contributed by atoms with Gasteiger partial charge in [0.1, 0.15) is 17.9 Å². The second-order valence-corrected chi connectivity index (χ2v) is 5.77. The number of nitrogens with one attached hydrogen (secondary N) is 1. The lowest BCUT2D eigenvalue weighted by molar-refractivity contribution is 0.0835. The largest absolute Gasteiger partial charge is 0.368 e. The van der Waals surface area contributed by atoms with Crippen molar-refractivity contribution < 1.29 is 9.26 Å². The van der Waals surface area contributed by atoms with Crippen LogP contribution in [0, 0.1) is 6.92 Å². The highest BCUT2D eigenvalue weighted by Gasteiger charge is 2.23. The molecule has 3 aromatic heterocycles. The van der Waals surface area contributed by atoms with Crippen LogP contribution >= 0.6 is 0 Å². The quantitative estimate of drug-likeness (QED) is 0.762. The van der Waals surface area contributed by atoms with Gasteiger partial charge in [0.25, 0.3) is 5.89 Å². The van der Waals surface area contributed by atoms with Crippen LogP contribution in [0.4, 0.5) is 5.82 Å². The summed E-state index contributed by atoms with van der Waals surface area (Å²) in [5.41, 5.74) is 2.52. The van der Waals surface area contributed by atoms with Gasteiger partial charge < -0.3 is 14.6 Å². The highest BCUT2D eigenvalue weighted by Crippen LogP contribution is 2.26. The first-order valence-corrected chi connectivity index (χ1v) is 8.06. The minimum atomic E-state index is -0.0443. The highest BCUT2D eigenvalue weighted by atomic mass is 16.5. The number of fused-ring (bicyclic) bond motifs is 1. The van der Waals surface area contributed by atoms with E-state index >= 15 is 0 Å². The van der Waals surface area contributed by atoms with Gasteiger partial charge in [-0.15, -0.1) is 0 Å². The van der Waals surface area contributed by atoms with E-state index in [4.69, 9.17) is 9.26 Å². The van der Waals surface area contributed by atoms with Gasteiger partial charge >= 0.3 is 0 Å². The van der Waals surface area contributed by atoms with Gasteiger partial charge in [0, 0.05) is 25.3 Å². The van der Waals surface area contributed by atoms with Crippen LogP contribution in [0.2, 0.25) is 0 Å². The molecule has 0 bridgehead atoms. The van der Waals surface area contributed by atoms with Gasteiger partial charge in [-0.1, -0.05) is 5.16 Å². The predicted molar refractivity (Wildman–Crippen MR) is 86.5 cm³/mol. The molecule has 8 nitrogen and oxygen atoms in total. The fourth-order valence-corrected chi connectivity index (χ4v) is 2.73. The van der Waals surface area contributed by atoms with Crippen LogP contribution in [0.5, 0.6) is 0 Å². The Bertz CT molecular complexity index is 843. The Morgan fingerprint density at radius 1 is 1.25 bits per heavy atom. The van der Waals surface area contributed by atoms with Gasteiger partial charge in [-0.3, -0.25) is 0 Å². The van der Waals surface area contributed by atoms with E-state index in [0.29, 0.717) is 30.5 Å². The van der Waals surface area contributed by atoms with E-state index in [9.17, 15) is 0 Å². The summed E-state index contributed by atoms with van der Waals surface area (Å²) in [5.74, 6) is 1.95. The minimum absolute atomic E-state index is 0.0443. The molecule has 1 N–H and O–H groups in total. The Labute approximate surface area is 138 Å². The predicted octanol–water partition coefficient (Wildman–Crippen LogP) is 2.22. The van der Waals surface area contributed by atoms with Crippen molar-refractivity contribution in [2.24, 2.45) is 0 Å². The van der Waals surface area contributed by atoms with Crippen molar-refractivity contribution in [1.29, 1.82) is 0 Å². The van der Waals surface area contributed by atoms with Gasteiger partial charge in [0.15, 0.2) is 11.6 Å². The van der Waals surface area contributed by atoms with Crippen molar-refractivity contribution in [2.75, 3.05) is 18.5 Å². The van der Waals surface area contributed by atoms with Crippen LogP contribution in [-0.2, 0) is 11.2 Å². The fourth-order valence-electron chi connectivity index (χ4n) is 2.73. The summed E-state index contributed by atoms with van der Waals surface area (Å²) in [7, 11) is 0. The molecule has 3 aromatic rings. The number of rotatable bonds is 5. The van der Waals surface area contributed by atoms with E-state index in [2.05, 4.69) is 30.4 Å². The Hall–Kier alpha value is -2.61. The zero-order valence-corrected chi connectivity index (χ0v) is 13.4. The second kappa shape index (κ2) is 6.48. The molecule has 0 spiro atoms. The lowest BCUT2D eigenvalue weighted by atomic mass is 10.2. The maximum Gasteiger partial charge on any atom is 0.255 e. The summed E-state index contributed by atoms with van der Waals surface area (Å²) in [4.78, 5) is 17.4. The third-order valence-corrected chi connectivity index (χ3v) is 3.95. The van der Waals surface area contributed by atoms with E-state index in [1.165, 1.54) is 6.33 Å². The molecular weight excluding hydrogens is 308 g/mol. The first-order chi connectivity index (χ1) is 11.8. The average molecular weight is 326 g/mol. The van der Waals surface area contributed by atoms with Crippen LogP contribution in [0.1, 0.15) is 36.4 Å². The number of nitrogens with zero attached hydrogens (tertiary/aromatic N) is 5. The van der Waals surface area contributed by atoms with Gasteiger partial charge in [-0.2, -0.15) is 4.98 Å². The van der Waals surface area contributed by atoms with E-state index in [1.54, 1.807) is 0 Å². The minimum Gasteiger partial charge on any atom is -0.368 e. The summed E-state index contributed by atoms with van der Waals surface area (Å²) < 4.78 is 10.8. The molecule has 1 aliphatic heterocycles. The Balaban J connectivity index is 1.41. The molecule has 1 atom stereocenters. The van der Waals surface area contributed by atoms with Crippen LogP contribution in [0.25, 0.3) is 11.0 Å². The van der Waals surface area contributed by atoms with Gasteiger partial charge in [0.05, 0.1) is 5.52 Å². The van der Waals surface area contributed by atoms with Gasteiger partial charge in [-0.25, -0.2) is 15.0 Å². The van der Waals surface area contributed by atoms with E-state index in [-0.39, 0.29) is 6.10 Å². The number of ether oxygens (including phenoxy) is 1. The van der Waals surface area contributed by atoms with Crippen LogP contribution < -0.4 is 5.32 Å². The zero-order valence-electron chi connectivity index (χ0n) is 13.4. The molecule has 0 radical (unpaired) electrons.